The average molecular weight is 280 g/mol. The van der Waals surface area contributed by atoms with Gasteiger partial charge in [0.2, 0.25) is 0 Å². The number of hydrogen-bond acceptors (Lipinski definition) is 5. The van der Waals surface area contributed by atoms with Crippen LogP contribution in [0.4, 0.5) is 0 Å². The molecule has 1 atom stereocenters. The lowest BCUT2D eigenvalue weighted by Crippen LogP contribution is -2.44. The van der Waals surface area contributed by atoms with Crippen LogP contribution in [0.15, 0.2) is 0 Å². The zero-order valence-electron chi connectivity index (χ0n) is 11.9. The average Bonchev–Trinajstić information content (AvgIpc) is 2.41. The number of rotatable bonds is 9. The number of carboxylic acid groups (broad SMARTS) is 1. The molecule has 0 aromatic rings. The molecule has 0 saturated carbocycles. The van der Waals surface area contributed by atoms with Gasteiger partial charge in [-0.1, -0.05) is 26.7 Å². The van der Waals surface area contributed by atoms with Gasteiger partial charge in [-0.25, -0.2) is 0 Å². The third kappa shape index (κ3) is 8.93. The van der Waals surface area contributed by atoms with Crippen molar-refractivity contribution < 1.29 is 30.3 Å². The van der Waals surface area contributed by atoms with Crippen molar-refractivity contribution in [2.24, 2.45) is 5.41 Å². The van der Waals surface area contributed by atoms with Gasteiger partial charge in [-0.3, -0.25) is 4.79 Å². The number of aliphatic hydroxyl groups excluding tert-OH is 4. The first-order valence-electron chi connectivity index (χ1n) is 6.66. The second-order valence-electron chi connectivity index (χ2n) is 4.61. The summed E-state index contributed by atoms with van der Waals surface area (Å²) in [6.07, 6.45) is 2.82. The number of carboxylic acids is 1. The molecule has 0 aliphatic rings. The fraction of sp³-hybridized carbons (Fsp3) is 0.923. The van der Waals surface area contributed by atoms with Crippen LogP contribution in [-0.4, -0.2) is 57.4 Å². The molecule has 0 radical (unpaired) electrons. The van der Waals surface area contributed by atoms with E-state index in [0.29, 0.717) is 12.8 Å². The van der Waals surface area contributed by atoms with Crippen LogP contribution in [-0.2, 0) is 4.79 Å². The summed E-state index contributed by atoms with van der Waals surface area (Å²) in [5.41, 5.74) is -1.14. The van der Waals surface area contributed by atoms with Crippen molar-refractivity contribution in [3.05, 3.63) is 0 Å². The van der Waals surface area contributed by atoms with E-state index >= 15 is 0 Å². The van der Waals surface area contributed by atoms with E-state index in [0.717, 1.165) is 19.3 Å². The normalized spacial score (nSPS) is 12.5. The Kier molecular flexibility index (Phi) is 13.4. The van der Waals surface area contributed by atoms with E-state index in [1.807, 2.05) is 0 Å². The summed E-state index contributed by atoms with van der Waals surface area (Å²) < 4.78 is 0. The summed E-state index contributed by atoms with van der Waals surface area (Å²) in [6, 6.07) is 0. The largest absolute Gasteiger partial charge is 0.481 e. The van der Waals surface area contributed by atoms with Crippen molar-refractivity contribution in [1.29, 1.82) is 0 Å². The van der Waals surface area contributed by atoms with Crippen molar-refractivity contribution in [1.82, 2.24) is 0 Å². The number of unbranched alkanes of at least 4 members (excludes halogenated alkanes) is 2. The molecule has 0 spiro atoms. The van der Waals surface area contributed by atoms with Gasteiger partial charge in [-0.2, -0.15) is 0 Å². The highest BCUT2D eigenvalue weighted by Gasteiger charge is 2.35. The number of aliphatic hydroxyl groups is 4. The molecule has 19 heavy (non-hydrogen) atoms. The van der Waals surface area contributed by atoms with Gasteiger partial charge in [0.15, 0.2) is 0 Å². The molecule has 0 aliphatic carbocycles. The molecule has 0 heterocycles. The summed E-state index contributed by atoms with van der Waals surface area (Å²) in [4.78, 5) is 9.87. The van der Waals surface area contributed by atoms with Crippen LogP contribution in [0.1, 0.15) is 46.0 Å². The van der Waals surface area contributed by atoms with E-state index in [4.69, 9.17) is 20.4 Å². The van der Waals surface area contributed by atoms with E-state index in [-0.39, 0.29) is 0 Å². The molecule has 116 valence electrons. The highest BCUT2D eigenvalue weighted by Crippen LogP contribution is 2.22. The van der Waals surface area contributed by atoms with Crippen LogP contribution in [0.5, 0.6) is 0 Å². The van der Waals surface area contributed by atoms with E-state index in [1.54, 1.807) is 6.92 Å². The second-order valence-corrected chi connectivity index (χ2v) is 4.61. The zero-order chi connectivity index (χ0) is 15.3. The van der Waals surface area contributed by atoms with E-state index in [9.17, 15) is 9.90 Å². The van der Waals surface area contributed by atoms with Crippen LogP contribution >= 0.6 is 0 Å². The van der Waals surface area contributed by atoms with Crippen molar-refractivity contribution in [2.45, 2.75) is 52.1 Å². The van der Waals surface area contributed by atoms with Gasteiger partial charge in [0.25, 0.3) is 0 Å². The van der Waals surface area contributed by atoms with Gasteiger partial charge in [-0.15, -0.1) is 0 Å². The van der Waals surface area contributed by atoms with Crippen molar-refractivity contribution in [3.63, 3.8) is 0 Å². The van der Waals surface area contributed by atoms with Crippen LogP contribution in [0.3, 0.4) is 0 Å². The van der Waals surface area contributed by atoms with Gasteiger partial charge in [0.1, 0.15) is 0 Å². The molecule has 6 nitrogen and oxygen atoms in total. The van der Waals surface area contributed by atoms with Crippen molar-refractivity contribution in [3.8, 4) is 0 Å². The minimum atomic E-state index is -1.14. The molecule has 1 unspecified atom stereocenters. The Bertz CT molecular complexity index is 207. The van der Waals surface area contributed by atoms with Gasteiger partial charge >= 0.3 is 5.97 Å². The number of hydrogen-bond donors (Lipinski definition) is 5. The molecule has 0 amide bonds. The molecule has 0 rings (SSSR count). The number of carbonyl (C=O) groups is 1. The lowest BCUT2D eigenvalue weighted by molar-refractivity contribution is -0.137. The van der Waals surface area contributed by atoms with Crippen LogP contribution < -0.4 is 0 Å². The predicted molar refractivity (Wildman–Crippen MR) is 71.8 cm³/mol. The van der Waals surface area contributed by atoms with Crippen LogP contribution in [0, 0.1) is 5.41 Å². The summed E-state index contributed by atoms with van der Waals surface area (Å²) >= 11 is 0. The van der Waals surface area contributed by atoms with Crippen molar-refractivity contribution in [2.75, 3.05) is 19.8 Å². The smallest absolute Gasteiger partial charge is 0.303 e. The molecular weight excluding hydrogens is 252 g/mol. The third-order valence-electron chi connectivity index (χ3n) is 3.03. The molecule has 5 N–H and O–H groups in total. The fourth-order valence-electron chi connectivity index (χ4n) is 1.43. The first kappa shape index (κ1) is 20.6. The predicted octanol–water partition coefficient (Wildman–Crippen LogP) is 0.372. The van der Waals surface area contributed by atoms with Crippen LogP contribution in [0.2, 0.25) is 0 Å². The lowest BCUT2D eigenvalue weighted by atomic mass is 9.83. The summed E-state index contributed by atoms with van der Waals surface area (Å²) in [7, 11) is 0. The van der Waals surface area contributed by atoms with Crippen molar-refractivity contribution >= 4 is 5.97 Å². The van der Waals surface area contributed by atoms with Crippen LogP contribution in [0.25, 0.3) is 0 Å². The minimum absolute atomic E-state index is 0.327. The Hall–Kier alpha value is -0.690. The topological polar surface area (TPSA) is 118 Å². The summed E-state index contributed by atoms with van der Waals surface area (Å²) in [5.74, 6) is -0.682. The Balaban J connectivity index is 0. The Morgan fingerprint density at radius 1 is 1.05 bits per heavy atom. The molecule has 0 aromatic heterocycles. The molecule has 6 heteroatoms. The Morgan fingerprint density at radius 2 is 1.53 bits per heavy atom. The lowest BCUT2D eigenvalue weighted by Gasteiger charge is -2.31. The maximum Gasteiger partial charge on any atom is 0.303 e. The SMILES string of the molecule is CCC(O)C(CO)(CO)CO.CCCCCC(=O)O. The zero-order valence-corrected chi connectivity index (χ0v) is 11.9. The molecular formula is C13H28O6. The Labute approximate surface area is 114 Å². The van der Waals surface area contributed by atoms with Gasteiger partial charge in [-0.05, 0) is 12.8 Å². The molecule has 0 aliphatic heterocycles. The second kappa shape index (κ2) is 12.3. The maximum absolute atomic E-state index is 9.87. The van der Waals surface area contributed by atoms with Gasteiger partial charge in [0.05, 0.1) is 31.3 Å². The quantitative estimate of drug-likeness (QED) is 0.389. The molecule has 0 fully saturated rings. The minimum Gasteiger partial charge on any atom is -0.481 e. The van der Waals surface area contributed by atoms with Gasteiger partial charge < -0.3 is 25.5 Å². The molecule has 0 bridgehead atoms. The highest BCUT2D eigenvalue weighted by atomic mass is 16.4. The first-order valence-corrected chi connectivity index (χ1v) is 6.66. The highest BCUT2D eigenvalue weighted by molar-refractivity contribution is 5.66. The summed E-state index contributed by atoms with van der Waals surface area (Å²) in [6.45, 7) is 2.56. The van der Waals surface area contributed by atoms with E-state index < -0.39 is 37.3 Å². The Morgan fingerprint density at radius 3 is 1.74 bits per heavy atom. The first-order chi connectivity index (χ1) is 8.93. The third-order valence-corrected chi connectivity index (χ3v) is 3.03. The number of aliphatic carboxylic acids is 1. The van der Waals surface area contributed by atoms with Gasteiger partial charge in [0, 0.05) is 6.42 Å². The fourth-order valence-corrected chi connectivity index (χ4v) is 1.43. The summed E-state index contributed by atoms with van der Waals surface area (Å²) in [5, 5.41) is 43.8. The maximum atomic E-state index is 9.87. The standard InChI is InChI=1S/C7H16O4.C6H12O2/c1-2-6(11)7(3-8,4-9)5-10;1-2-3-4-5-6(7)8/h6,8-11H,2-5H2,1H3;2-5H2,1H3,(H,7,8). The van der Waals surface area contributed by atoms with E-state index in [1.165, 1.54) is 0 Å². The molecule has 0 saturated heterocycles. The monoisotopic (exact) mass is 280 g/mol. The molecule has 0 aromatic carbocycles. The van der Waals surface area contributed by atoms with E-state index in [2.05, 4.69) is 6.92 Å².